The summed E-state index contributed by atoms with van der Waals surface area (Å²) in [4.78, 5) is 51.8. The molecule has 7 rings (SSSR count). The molecule has 1 aliphatic carbocycles. The highest BCUT2D eigenvalue weighted by Gasteiger charge is 2.35. The van der Waals surface area contributed by atoms with E-state index in [9.17, 15) is 18.8 Å². The number of aliphatic imine (C=N–C) groups is 2. The van der Waals surface area contributed by atoms with E-state index in [1.165, 1.54) is 23.2 Å². The number of hydrogen-bond acceptors (Lipinski definition) is 9. The van der Waals surface area contributed by atoms with Crippen molar-refractivity contribution >= 4 is 65.2 Å². The number of halogens is 2. The van der Waals surface area contributed by atoms with Crippen LogP contribution in [0.2, 0.25) is 5.02 Å². The molecule has 2 aromatic heterocycles. The number of fused-ring (bicyclic) bond motifs is 4. The minimum Gasteiger partial charge on any atom is -0.355 e. The molecule has 0 fully saturated rings. The van der Waals surface area contributed by atoms with Gasteiger partial charge < -0.3 is 16.0 Å². The molecule has 2 aromatic carbocycles. The van der Waals surface area contributed by atoms with E-state index in [0.717, 1.165) is 45.2 Å². The van der Waals surface area contributed by atoms with Crippen molar-refractivity contribution in [3.63, 3.8) is 0 Å². The van der Waals surface area contributed by atoms with Crippen molar-refractivity contribution in [1.82, 2.24) is 30.7 Å². The molecule has 2 aliphatic heterocycles. The lowest BCUT2D eigenvalue weighted by Crippen LogP contribution is -2.38. The third kappa shape index (κ3) is 10.2. The maximum absolute atomic E-state index is 13.8. The number of aromatic nitrogens is 3. The lowest BCUT2D eigenvalue weighted by molar-refractivity contribution is -0.122. The first-order valence-corrected chi connectivity index (χ1v) is 22.3. The van der Waals surface area contributed by atoms with Crippen LogP contribution >= 0.6 is 35.6 Å². The molecule has 2 unspecified atom stereocenters. The van der Waals surface area contributed by atoms with Crippen molar-refractivity contribution in [2.75, 3.05) is 13.1 Å². The number of aryl methyl sites for hydroxylation is 2. The van der Waals surface area contributed by atoms with Gasteiger partial charge in [0, 0.05) is 63.3 Å². The number of carbonyl (C=O) groups is 3. The van der Waals surface area contributed by atoms with E-state index >= 15 is 0 Å². The third-order valence-corrected chi connectivity index (χ3v) is 13.4. The van der Waals surface area contributed by atoms with E-state index < -0.39 is 6.04 Å². The number of benzene rings is 2. The third-order valence-electron chi connectivity index (χ3n) is 11.5. The first-order valence-electron chi connectivity index (χ1n) is 20.7. The van der Waals surface area contributed by atoms with E-state index in [-0.39, 0.29) is 59.3 Å². The van der Waals surface area contributed by atoms with Gasteiger partial charge >= 0.3 is 0 Å². The van der Waals surface area contributed by atoms with Crippen LogP contribution in [0.3, 0.4) is 0 Å². The SMILES string of the molecule is Cc1sc2c(c1C)C(c1ccc(Cl)cc1)=N[C@@H](CC(=O)NCC(C)(C)CC(C)(C)CCNC(=O)C1=CC3C=C(C(=O)NCc4ccc(F)cc4)C=NC3C(S)=C1)c1nnc(C)n1-2. The standard InChI is InChI=1S/C47H52ClFN8O3S2/c1-26-27(2)62-45-39(26)41(30-10-12-34(48)13-11-30)54-36(42-56-55-28(3)57(42)45)21-38(58)53-25-47(6,7)24-46(4,5)16-17-50-43(59)32-18-31-19-33(23-51-40(31)37(61)20-32)44(60)52-22-29-8-14-35(49)15-9-29/h8-15,18-20,23,31,36,40,61H,16-17,21-22,24-25H2,1-7H3,(H,50,59)(H,52,60)(H,53,58)/t31?,36-,40?/m0/s1. The fourth-order valence-corrected chi connectivity index (χ4v) is 10.2. The zero-order valence-electron chi connectivity index (χ0n) is 36.0. The summed E-state index contributed by atoms with van der Waals surface area (Å²) < 4.78 is 15.3. The van der Waals surface area contributed by atoms with Crippen molar-refractivity contribution < 1.29 is 18.8 Å². The Morgan fingerprint density at radius 2 is 1.60 bits per heavy atom. The Bertz CT molecular complexity index is 2550. The molecule has 4 heterocycles. The van der Waals surface area contributed by atoms with Gasteiger partial charge in [0.25, 0.3) is 11.8 Å². The number of carbonyl (C=O) groups excluding carboxylic acids is 3. The maximum Gasteiger partial charge on any atom is 0.252 e. The van der Waals surface area contributed by atoms with Crippen molar-refractivity contribution in [3.05, 3.63) is 132 Å². The second kappa shape index (κ2) is 18.3. The van der Waals surface area contributed by atoms with Crippen LogP contribution in [0, 0.1) is 43.3 Å². The highest BCUT2D eigenvalue weighted by atomic mass is 35.5. The number of thiophene rings is 1. The molecule has 11 nitrogen and oxygen atoms in total. The van der Waals surface area contributed by atoms with Gasteiger partial charge in [0.15, 0.2) is 5.82 Å². The first kappa shape index (κ1) is 44.9. The van der Waals surface area contributed by atoms with Gasteiger partial charge in [-0.15, -0.1) is 34.2 Å². The van der Waals surface area contributed by atoms with Gasteiger partial charge in [-0.25, -0.2) is 4.39 Å². The van der Waals surface area contributed by atoms with Crippen LogP contribution in [0.25, 0.3) is 5.00 Å². The summed E-state index contributed by atoms with van der Waals surface area (Å²) in [5, 5.41) is 19.7. The topological polar surface area (TPSA) is 143 Å². The number of nitrogens with one attached hydrogen (secondary N) is 3. The summed E-state index contributed by atoms with van der Waals surface area (Å²) in [5.41, 5.74) is 5.05. The Morgan fingerprint density at radius 1 is 0.903 bits per heavy atom. The van der Waals surface area contributed by atoms with Crippen LogP contribution < -0.4 is 16.0 Å². The summed E-state index contributed by atoms with van der Waals surface area (Å²) in [6.07, 6.45) is 8.47. The fourth-order valence-electron chi connectivity index (χ4n) is 8.46. The lowest BCUT2D eigenvalue weighted by atomic mass is 9.73. The Balaban J connectivity index is 0.938. The number of thiol groups is 1. The zero-order valence-corrected chi connectivity index (χ0v) is 38.4. The fraction of sp³-hybridized carbons (Fsp3) is 0.383. The average molecular weight is 896 g/mol. The molecule has 3 amide bonds. The van der Waals surface area contributed by atoms with E-state index in [2.05, 4.69) is 85.3 Å². The van der Waals surface area contributed by atoms with Gasteiger partial charge in [-0.2, -0.15) is 0 Å². The Hall–Kier alpha value is -5.18. The molecule has 3 atom stereocenters. The highest BCUT2D eigenvalue weighted by Crippen LogP contribution is 2.40. The zero-order chi connectivity index (χ0) is 44.5. The van der Waals surface area contributed by atoms with E-state index in [4.69, 9.17) is 16.6 Å². The molecule has 3 N–H and O–H groups in total. The van der Waals surface area contributed by atoms with Gasteiger partial charge in [-0.1, -0.05) is 75.7 Å². The molecule has 15 heteroatoms. The monoisotopic (exact) mass is 894 g/mol. The molecular formula is C47H52ClFN8O3S2. The molecule has 324 valence electrons. The van der Waals surface area contributed by atoms with Crippen molar-refractivity contribution in [2.45, 2.75) is 86.4 Å². The lowest BCUT2D eigenvalue weighted by Gasteiger charge is -2.35. The predicted molar refractivity (Wildman–Crippen MR) is 248 cm³/mol. The van der Waals surface area contributed by atoms with Gasteiger partial charge in [0.2, 0.25) is 5.91 Å². The average Bonchev–Trinajstić information content (AvgIpc) is 3.70. The number of hydrogen-bond donors (Lipinski definition) is 4. The van der Waals surface area contributed by atoms with Crippen molar-refractivity contribution in [1.29, 1.82) is 0 Å². The Labute approximate surface area is 376 Å². The minimum atomic E-state index is -0.564. The second-order valence-electron chi connectivity index (χ2n) is 17.8. The van der Waals surface area contributed by atoms with Gasteiger partial charge in [-0.05, 0) is 85.9 Å². The normalized spacial score (nSPS) is 18.3. The molecule has 4 aromatic rings. The molecule has 0 spiro atoms. The number of nitrogens with zero attached hydrogens (tertiary/aromatic N) is 5. The molecule has 3 aliphatic rings. The van der Waals surface area contributed by atoms with E-state index in [1.54, 1.807) is 35.6 Å². The van der Waals surface area contributed by atoms with Gasteiger partial charge in [0.05, 0.1) is 23.7 Å². The highest BCUT2D eigenvalue weighted by molar-refractivity contribution is 7.84. The predicted octanol–water partition coefficient (Wildman–Crippen LogP) is 8.46. The summed E-state index contributed by atoms with van der Waals surface area (Å²) in [6, 6.07) is 12.7. The molecule has 62 heavy (non-hydrogen) atoms. The van der Waals surface area contributed by atoms with Crippen molar-refractivity contribution in [2.24, 2.45) is 26.7 Å². The Morgan fingerprint density at radius 3 is 2.32 bits per heavy atom. The quantitative estimate of drug-likeness (QED) is 0.0941. The number of amides is 3. The second-order valence-corrected chi connectivity index (χ2v) is 20.0. The Kier molecular flexibility index (Phi) is 13.2. The molecule has 0 radical (unpaired) electrons. The summed E-state index contributed by atoms with van der Waals surface area (Å²) in [7, 11) is 0. The van der Waals surface area contributed by atoms with Crippen LogP contribution in [-0.2, 0) is 20.9 Å². The van der Waals surface area contributed by atoms with Gasteiger partial charge in [-0.3, -0.25) is 28.9 Å². The summed E-state index contributed by atoms with van der Waals surface area (Å²) in [5.74, 6) is 0.0426. The van der Waals surface area contributed by atoms with E-state index in [1.807, 2.05) is 41.8 Å². The van der Waals surface area contributed by atoms with E-state index in [0.29, 0.717) is 46.4 Å². The van der Waals surface area contributed by atoms with Gasteiger partial charge in [0.1, 0.15) is 22.7 Å². The smallest absolute Gasteiger partial charge is 0.252 e. The number of rotatable bonds is 14. The van der Waals surface area contributed by atoms with Crippen LogP contribution in [0.15, 0.2) is 92.8 Å². The summed E-state index contributed by atoms with van der Waals surface area (Å²) >= 11 is 12.6. The largest absolute Gasteiger partial charge is 0.355 e. The molecule has 0 bridgehead atoms. The van der Waals surface area contributed by atoms with Crippen molar-refractivity contribution in [3.8, 4) is 5.00 Å². The van der Waals surface area contributed by atoms with Crippen LogP contribution in [-0.4, -0.2) is 63.5 Å². The van der Waals surface area contributed by atoms with Crippen LogP contribution in [0.4, 0.5) is 4.39 Å². The van der Waals surface area contributed by atoms with Crippen LogP contribution in [0.5, 0.6) is 0 Å². The molecular weight excluding hydrogens is 843 g/mol. The summed E-state index contributed by atoms with van der Waals surface area (Å²) in [6.45, 7) is 15.9. The molecule has 0 saturated heterocycles. The van der Waals surface area contributed by atoms with Crippen LogP contribution in [0.1, 0.15) is 91.8 Å². The molecule has 0 saturated carbocycles. The minimum absolute atomic E-state index is 0.0990. The number of dihydropyridines is 1. The maximum atomic E-state index is 13.8. The first-order chi connectivity index (χ1) is 29.4.